The summed E-state index contributed by atoms with van der Waals surface area (Å²) in [5.74, 6) is 0. The Morgan fingerprint density at radius 1 is 1.47 bits per heavy atom. The zero-order valence-corrected chi connectivity index (χ0v) is 10.4. The Morgan fingerprint density at radius 3 is 3.12 bits per heavy atom. The fourth-order valence-corrected chi connectivity index (χ4v) is 2.52. The number of rotatable bonds is 5. The summed E-state index contributed by atoms with van der Waals surface area (Å²) in [7, 11) is 0. The third kappa shape index (κ3) is 3.61. The predicted octanol–water partition coefficient (Wildman–Crippen LogP) is 1.46. The van der Waals surface area contributed by atoms with Crippen molar-refractivity contribution in [3.05, 3.63) is 35.4 Å². The van der Waals surface area contributed by atoms with Crippen LogP contribution in [0.25, 0.3) is 0 Å². The minimum absolute atomic E-state index is 0.260. The van der Waals surface area contributed by atoms with E-state index in [2.05, 4.69) is 27.7 Å². The largest absolute Gasteiger partial charge is 0.750 e. The van der Waals surface area contributed by atoms with Gasteiger partial charge >= 0.3 is 0 Å². The van der Waals surface area contributed by atoms with Crippen LogP contribution in [0, 0.1) is 0 Å². The molecule has 1 aromatic rings. The van der Waals surface area contributed by atoms with Gasteiger partial charge in [0.05, 0.1) is 18.0 Å². The van der Waals surface area contributed by atoms with Gasteiger partial charge in [-0.15, -0.1) is 0 Å². The Bertz CT molecular complexity index is 397. The van der Waals surface area contributed by atoms with Gasteiger partial charge in [-0.25, -0.2) is 4.21 Å². The Hall–Kier alpha value is -0.750. The van der Waals surface area contributed by atoms with Crippen LogP contribution in [0.1, 0.15) is 30.0 Å². The molecule has 0 aliphatic carbocycles. The summed E-state index contributed by atoms with van der Waals surface area (Å²) in [5, 5.41) is 3.45. The van der Waals surface area contributed by atoms with Crippen molar-refractivity contribution in [1.82, 2.24) is 5.32 Å². The summed E-state index contributed by atoms with van der Waals surface area (Å²) in [4.78, 5) is 0. The molecule has 1 N–H and O–H groups in total. The lowest BCUT2D eigenvalue weighted by molar-refractivity contribution is 0.283. The highest BCUT2D eigenvalue weighted by molar-refractivity contribution is 7.74. The first kappa shape index (κ1) is 12.7. The Labute approximate surface area is 104 Å². The average molecular weight is 254 g/mol. The van der Waals surface area contributed by atoms with Crippen LogP contribution in [-0.2, 0) is 22.0 Å². The molecule has 2 unspecified atom stereocenters. The molecular weight excluding hydrogens is 238 g/mol. The highest BCUT2D eigenvalue weighted by Crippen LogP contribution is 2.25. The van der Waals surface area contributed by atoms with E-state index in [9.17, 15) is 8.76 Å². The van der Waals surface area contributed by atoms with Crippen molar-refractivity contribution in [3.8, 4) is 0 Å². The van der Waals surface area contributed by atoms with Gasteiger partial charge in [-0.05, 0) is 36.9 Å². The second-order valence-electron chi connectivity index (χ2n) is 4.12. The van der Waals surface area contributed by atoms with Gasteiger partial charge in [0.1, 0.15) is 0 Å². The van der Waals surface area contributed by atoms with E-state index in [1.807, 2.05) is 6.07 Å². The minimum Gasteiger partial charge on any atom is -0.750 e. The van der Waals surface area contributed by atoms with Gasteiger partial charge < -0.3 is 14.1 Å². The molecule has 94 valence electrons. The Kier molecular flexibility index (Phi) is 4.67. The van der Waals surface area contributed by atoms with E-state index in [4.69, 9.17) is 0 Å². The molecule has 1 aromatic carbocycles. The molecule has 0 aromatic heterocycles. The highest BCUT2D eigenvalue weighted by atomic mass is 32.2. The predicted molar refractivity (Wildman–Crippen MR) is 65.0 cm³/mol. The first-order chi connectivity index (χ1) is 8.27. The van der Waals surface area contributed by atoms with E-state index in [1.54, 1.807) is 0 Å². The zero-order valence-electron chi connectivity index (χ0n) is 9.56. The molecule has 1 aliphatic heterocycles. The van der Waals surface area contributed by atoms with Crippen LogP contribution >= 0.6 is 0 Å². The van der Waals surface area contributed by atoms with Gasteiger partial charge in [0.2, 0.25) is 0 Å². The SMILES string of the molecule is O=S([O-])OCCCC1NCCc2ccccc21. The van der Waals surface area contributed by atoms with Crippen LogP contribution in [0.4, 0.5) is 0 Å². The van der Waals surface area contributed by atoms with E-state index in [0.717, 1.165) is 25.8 Å². The summed E-state index contributed by atoms with van der Waals surface area (Å²) < 4.78 is 24.9. The third-order valence-electron chi connectivity index (χ3n) is 3.03. The molecule has 0 saturated carbocycles. The average Bonchev–Trinajstić information content (AvgIpc) is 2.34. The molecule has 2 rings (SSSR count). The van der Waals surface area contributed by atoms with Crippen LogP contribution in [0.3, 0.4) is 0 Å². The number of nitrogens with one attached hydrogen (secondary N) is 1. The summed E-state index contributed by atoms with van der Waals surface area (Å²) >= 11 is -2.39. The van der Waals surface area contributed by atoms with Crippen molar-refractivity contribution < 1.29 is 12.9 Å². The molecule has 0 radical (unpaired) electrons. The van der Waals surface area contributed by atoms with E-state index < -0.39 is 11.4 Å². The van der Waals surface area contributed by atoms with Gasteiger partial charge in [-0.1, -0.05) is 24.3 Å². The first-order valence-electron chi connectivity index (χ1n) is 5.81. The van der Waals surface area contributed by atoms with Crippen molar-refractivity contribution in [2.24, 2.45) is 0 Å². The molecule has 0 fully saturated rings. The van der Waals surface area contributed by atoms with Crippen LogP contribution in [-0.4, -0.2) is 21.9 Å². The molecule has 4 nitrogen and oxygen atoms in total. The lowest BCUT2D eigenvalue weighted by atomic mass is 9.92. The summed E-state index contributed by atoms with van der Waals surface area (Å²) in [6, 6.07) is 8.72. The van der Waals surface area contributed by atoms with Crippen LogP contribution in [0.2, 0.25) is 0 Å². The zero-order chi connectivity index (χ0) is 12.1. The second kappa shape index (κ2) is 6.26. The van der Waals surface area contributed by atoms with Gasteiger partial charge in [0, 0.05) is 6.04 Å². The molecule has 0 saturated heterocycles. The molecule has 0 spiro atoms. The van der Waals surface area contributed by atoms with E-state index in [0.29, 0.717) is 6.04 Å². The molecule has 17 heavy (non-hydrogen) atoms. The topological polar surface area (TPSA) is 61.4 Å². The minimum atomic E-state index is -2.39. The fourth-order valence-electron chi connectivity index (χ4n) is 2.26. The van der Waals surface area contributed by atoms with Gasteiger partial charge in [0.25, 0.3) is 0 Å². The van der Waals surface area contributed by atoms with E-state index in [-0.39, 0.29) is 6.61 Å². The van der Waals surface area contributed by atoms with Gasteiger partial charge in [-0.2, -0.15) is 0 Å². The van der Waals surface area contributed by atoms with Crippen LogP contribution < -0.4 is 5.32 Å². The molecule has 1 heterocycles. The normalized spacial score (nSPS) is 20.9. The van der Waals surface area contributed by atoms with Crippen molar-refractivity contribution in [1.29, 1.82) is 0 Å². The summed E-state index contributed by atoms with van der Waals surface area (Å²) in [6.07, 6.45) is 2.70. The van der Waals surface area contributed by atoms with Crippen LogP contribution in [0.5, 0.6) is 0 Å². The smallest absolute Gasteiger partial charge is 0.0842 e. The van der Waals surface area contributed by atoms with E-state index >= 15 is 0 Å². The molecule has 5 heteroatoms. The fraction of sp³-hybridized carbons (Fsp3) is 0.500. The maximum absolute atomic E-state index is 10.2. The maximum atomic E-state index is 10.2. The summed E-state index contributed by atoms with van der Waals surface area (Å²) in [5.41, 5.74) is 2.73. The number of hydrogen-bond acceptors (Lipinski definition) is 4. The van der Waals surface area contributed by atoms with Gasteiger partial charge in [-0.3, -0.25) is 0 Å². The standard InChI is InChI=1S/C12H17NO3S/c14-17(15)16-9-3-6-12-11-5-2-1-4-10(11)7-8-13-12/h1-2,4-5,12-13H,3,6-9H2,(H,14,15)/p-1. The molecule has 0 amide bonds. The van der Waals surface area contributed by atoms with Gasteiger partial charge in [0.15, 0.2) is 0 Å². The lowest BCUT2D eigenvalue weighted by Gasteiger charge is -2.26. The quantitative estimate of drug-likeness (QED) is 0.638. The van der Waals surface area contributed by atoms with Crippen molar-refractivity contribution in [3.63, 3.8) is 0 Å². The molecule has 2 atom stereocenters. The first-order valence-corrected chi connectivity index (χ1v) is 6.81. The molecule has 1 aliphatic rings. The maximum Gasteiger partial charge on any atom is 0.0842 e. The van der Waals surface area contributed by atoms with Crippen molar-refractivity contribution in [2.75, 3.05) is 13.2 Å². The van der Waals surface area contributed by atoms with Crippen LogP contribution in [0.15, 0.2) is 24.3 Å². The number of hydrogen-bond donors (Lipinski definition) is 1. The number of fused-ring (bicyclic) bond motifs is 1. The second-order valence-corrected chi connectivity index (χ2v) is 4.77. The van der Waals surface area contributed by atoms with Crippen molar-refractivity contribution in [2.45, 2.75) is 25.3 Å². The Balaban J connectivity index is 1.88. The Morgan fingerprint density at radius 2 is 2.29 bits per heavy atom. The molecule has 0 bridgehead atoms. The number of benzene rings is 1. The molecular formula is C12H16NO3S-. The monoisotopic (exact) mass is 254 g/mol. The van der Waals surface area contributed by atoms with E-state index in [1.165, 1.54) is 11.1 Å². The summed E-state index contributed by atoms with van der Waals surface area (Å²) in [6.45, 7) is 1.24. The van der Waals surface area contributed by atoms with Crippen molar-refractivity contribution >= 4 is 11.4 Å². The third-order valence-corrected chi connectivity index (χ3v) is 3.39. The lowest BCUT2D eigenvalue weighted by Crippen LogP contribution is -2.29. The highest BCUT2D eigenvalue weighted by Gasteiger charge is 2.18.